The zero-order chi connectivity index (χ0) is 17.4. The van der Waals surface area contributed by atoms with Crippen LogP contribution in [0, 0.1) is 0 Å². The number of allylic oxidation sites excluding steroid dienone is 2. The van der Waals surface area contributed by atoms with Crippen LogP contribution in [0.2, 0.25) is 0 Å². The van der Waals surface area contributed by atoms with Crippen molar-refractivity contribution in [3.05, 3.63) is 75.9 Å². The Labute approximate surface area is 155 Å². The van der Waals surface area contributed by atoms with Gasteiger partial charge in [-0.3, -0.25) is 14.5 Å². The van der Waals surface area contributed by atoms with Crippen molar-refractivity contribution in [3.8, 4) is 0 Å². The first-order chi connectivity index (χ1) is 12.1. The second-order valence-electron chi connectivity index (χ2n) is 6.51. The fourth-order valence-corrected chi connectivity index (χ4v) is 4.29. The Balaban J connectivity index is 1.87. The highest BCUT2D eigenvalue weighted by Gasteiger charge is 2.39. The summed E-state index contributed by atoms with van der Waals surface area (Å²) in [4.78, 5) is 27.5. The third-order valence-electron chi connectivity index (χ3n) is 4.94. The molecule has 0 fully saturated rings. The van der Waals surface area contributed by atoms with Gasteiger partial charge in [0.1, 0.15) is 0 Å². The molecule has 2 aromatic rings. The molecule has 0 N–H and O–H groups in total. The topological polar surface area (TPSA) is 37.4 Å². The molecule has 0 aromatic heterocycles. The van der Waals surface area contributed by atoms with Crippen LogP contribution in [0.15, 0.2) is 70.3 Å². The van der Waals surface area contributed by atoms with Crippen molar-refractivity contribution in [1.29, 1.82) is 0 Å². The van der Waals surface area contributed by atoms with Gasteiger partial charge in [-0.1, -0.05) is 46.3 Å². The van der Waals surface area contributed by atoms with E-state index < -0.39 is 0 Å². The van der Waals surface area contributed by atoms with Crippen molar-refractivity contribution in [3.63, 3.8) is 0 Å². The minimum atomic E-state index is -0.146. The normalized spacial score (nSPS) is 20.7. The Morgan fingerprint density at radius 3 is 2.52 bits per heavy atom. The molecule has 0 spiro atoms. The number of amides is 1. The van der Waals surface area contributed by atoms with Gasteiger partial charge in [0, 0.05) is 40.2 Å². The molecule has 0 saturated carbocycles. The Morgan fingerprint density at radius 2 is 1.76 bits per heavy atom. The summed E-state index contributed by atoms with van der Waals surface area (Å²) in [6.45, 7) is 0. The van der Waals surface area contributed by atoms with Gasteiger partial charge in [0.2, 0.25) is 5.91 Å². The van der Waals surface area contributed by atoms with Crippen molar-refractivity contribution < 1.29 is 9.59 Å². The highest BCUT2D eigenvalue weighted by Crippen LogP contribution is 2.43. The van der Waals surface area contributed by atoms with E-state index >= 15 is 0 Å². The number of halogens is 1. The minimum absolute atomic E-state index is 0.0598. The molecule has 3 nitrogen and oxygen atoms in total. The van der Waals surface area contributed by atoms with Crippen LogP contribution in [-0.4, -0.2) is 11.7 Å². The maximum atomic E-state index is 13.0. The second-order valence-corrected chi connectivity index (χ2v) is 7.43. The van der Waals surface area contributed by atoms with Gasteiger partial charge < -0.3 is 0 Å². The number of hydrogen-bond acceptors (Lipinski definition) is 2. The summed E-state index contributed by atoms with van der Waals surface area (Å²) in [6, 6.07) is 17.6. The lowest BCUT2D eigenvalue weighted by Gasteiger charge is -2.38. The molecule has 0 saturated heterocycles. The summed E-state index contributed by atoms with van der Waals surface area (Å²) in [5.74, 6) is 0.0945. The van der Waals surface area contributed by atoms with E-state index in [1.54, 1.807) is 4.90 Å². The number of hydrogen-bond donors (Lipinski definition) is 0. The third-order valence-corrected chi connectivity index (χ3v) is 5.43. The Morgan fingerprint density at radius 1 is 0.960 bits per heavy atom. The van der Waals surface area contributed by atoms with Crippen LogP contribution in [0.4, 0.5) is 5.69 Å². The van der Waals surface area contributed by atoms with E-state index in [2.05, 4.69) is 15.9 Å². The van der Waals surface area contributed by atoms with Gasteiger partial charge in [0.05, 0.1) is 0 Å². The summed E-state index contributed by atoms with van der Waals surface area (Å²) in [6.07, 6.45) is 2.47. The molecule has 1 atom stereocenters. The van der Waals surface area contributed by atoms with E-state index in [0.29, 0.717) is 12.8 Å². The van der Waals surface area contributed by atoms with Crippen LogP contribution in [0.25, 0.3) is 0 Å². The van der Waals surface area contributed by atoms with Gasteiger partial charge in [-0.05, 0) is 42.7 Å². The maximum Gasteiger partial charge on any atom is 0.232 e. The number of rotatable bonds is 2. The van der Waals surface area contributed by atoms with Crippen molar-refractivity contribution in [2.75, 3.05) is 4.90 Å². The fourth-order valence-electron chi connectivity index (χ4n) is 3.88. The minimum Gasteiger partial charge on any atom is -0.294 e. The lowest BCUT2D eigenvalue weighted by molar-refractivity contribution is -0.119. The first kappa shape index (κ1) is 16.3. The first-order valence-electron chi connectivity index (χ1n) is 8.55. The molecule has 25 heavy (non-hydrogen) atoms. The van der Waals surface area contributed by atoms with Gasteiger partial charge in [-0.2, -0.15) is 0 Å². The zero-order valence-electron chi connectivity index (χ0n) is 13.7. The molecule has 1 unspecified atom stereocenters. The number of Topliss-reactive ketones (excluding diaryl/α,β-unsaturated/α-hetero) is 1. The van der Waals surface area contributed by atoms with Crippen LogP contribution in [0.5, 0.6) is 0 Å². The number of carbonyl (C=O) groups excluding carboxylic acids is 2. The van der Waals surface area contributed by atoms with E-state index in [1.165, 1.54) is 0 Å². The average molecular weight is 396 g/mol. The lowest BCUT2D eigenvalue weighted by Crippen LogP contribution is -2.40. The average Bonchev–Trinajstić information content (AvgIpc) is 2.62. The first-order valence-corrected chi connectivity index (χ1v) is 9.34. The summed E-state index contributed by atoms with van der Waals surface area (Å²) in [7, 11) is 0. The largest absolute Gasteiger partial charge is 0.294 e. The zero-order valence-corrected chi connectivity index (χ0v) is 15.3. The quantitative estimate of drug-likeness (QED) is 0.718. The third kappa shape index (κ3) is 2.95. The predicted molar refractivity (Wildman–Crippen MR) is 101 cm³/mol. The van der Waals surface area contributed by atoms with Gasteiger partial charge in [0.15, 0.2) is 5.78 Å². The lowest BCUT2D eigenvalue weighted by atomic mass is 9.77. The van der Waals surface area contributed by atoms with Crippen LogP contribution < -0.4 is 4.90 Å². The number of para-hydroxylation sites is 1. The fraction of sp³-hybridized carbons (Fsp3) is 0.238. The maximum absolute atomic E-state index is 13.0. The van der Waals surface area contributed by atoms with E-state index in [4.69, 9.17) is 0 Å². The number of benzene rings is 2. The van der Waals surface area contributed by atoms with Crippen LogP contribution >= 0.6 is 15.9 Å². The molecule has 126 valence electrons. The van der Waals surface area contributed by atoms with Crippen LogP contribution in [-0.2, 0) is 9.59 Å². The van der Waals surface area contributed by atoms with Crippen LogP contribution in [0.1, 0.15) is 37.2 Å². The second kappa shape index (κ2) is 6.60. The van der Waals surface area contributed by atoms with Gasteiger partial charge >= 0.3 is 0 Å². The number of carbonyl (C=O) groups is 2. The summed E-state index contributed by atoms with van der Waals surface area (Å²) >= 11 is 3.50. The van der Waals surface area contributed by atoms with Crippen LogP contribution in [0.3, 0.4) is 0 Å². The van der Waals surface area contributed by atoms with E-state index in [0.717, 1.165) is 39.8 Å². The van der Waals surface area contributed by atoms with E-state index in [9.17, 15) is 9.59 Å². The monoisotopic (exact) mass is 395 g/mol. The Hall–Kier alpha value is -2.20. The molecule has 2 aliphatic rings. The molecule has 4 heteroatoms. The molecule has 2 aromatic carbocycles. The van der Waals surface area contributed by atoms with Gasteiger partial charge in [-0.25, -0.2) is 0 Å². The predicted octanol–water partition coefficient (Wildman–Crippen LogP) is 4.98. The van der Waals surface area contributed by atoms with Crippen molar-refractivity contribution in [1.82, 2.24) is 0 Å². The number of ketones is 1. The molecule has 0 bridgehead atoms. The highest BCUT2D eigenvalue weighted by molar-refractivity contribution is 9.10. The van der Waals surface area contributed by atoms with E-state index in [-0.39, 0.29) is 17.6 Å². The summed E-state index contributed by atoms with van der Waals surface area (Å²) in [5.41, 5.74) is 3.59. The highest BCUT2D eigenvalue weighted by atomic mass is 79.9. The number of nitrogens with zero attached hydrogens (tertiary/aromatic N) is 1. The molecule has 4 rings (SSSR count). The summed E-state index contributed by atoms with van der Waals surface area (Å²) in [5, 5.41) is 0. The molecule has 1 aliphatic heterocycles. The van der Waals surface area contributed by atoms with Gasteiger partial charge in [-0.15, -0.1) is 0 Å². The smallest absolute Gasteiger partial charge is 0.232 e. The molecule has 1 amide bonds. The molecular weight excluding hydrogens is 378 g/mol. The van der Waals surface area contributed by atoms with Crippen molar-refractivity contribution in [2.24, 2.45) is 0 Å². The molecule has 0 radical (unpaired) electrons. The Bertz CT molecular complexity index is 872. The molecule has 1 aliphatic carbocycles. The SMILES string of the molecule is O=C1CCCC2=C1C(c1cccc(Br)c1)CC(=O)N2c1ccccc1. The molecule has 1 heterocycles. The standard InChI is InChI=1S/C21H18BrNO2/c22-15-7-4-6-14(12-15)17-13-20(25)23(16-8-2-1-3-9-16)18-10-5-11-19(24)21(17)18/h1-4,6-9,12,17H,5,10-11,13H2. The van der Waals surface area contributed by atoms with Crippen molar-refractivity contribution in [2.45, 2.75) is 31.6 Å². The summed E-state index contributed by atoms with van der Waals surface area (Å²) < 4.78 is 0.966. The Kier molecular flexibility index (Phi) is 4.30. The number of anilines is 1. The van der Waals surface area contributed by atoms with Crippen molar-refractivity contribution >= 4 is 33.3 Å². The van der Waals surface area contributed by atoms with Gasteiger partial charge in [0.25, 0.3) is 0 Å². The van der Waals surface area contributed by atoms with E-state index in [1.807, 2.05) is 54.6 Å². The molecular formula is C21H18BrNO2.